The first-order valence-corrected chi connectivity index (χ1v) is 11.1. The molecule has 0 unspecified atom stereocenters. The summed E-state index contributed by atoms with van der Waals surface area (Å²) >= 11 is 0. The van der Waals surface area contributed by atoms with E-state index in [1.165, 1.54) is 0 Å². The first kappa shape index (κ1) is 16.2. The van der Waals surface area contributed by atoms with Crippen molar-refractivity contribution in [2.45, 2.75) is 33.5 Å². The van der Waals surface area contributed by atoms with Crippen molar-refractivity contribution in [1.82, 2.24) is 0 Å². The van der Waals surface area contributed by atoms with Gasteiger partial charge in [-0.2, -0.15) is 0 Å². The summed E-state index contributed by atoms with van der Waals surface area (Å²) in [6, 6.07) is 18.2. The third-order valence-electron chi connectivity index (χ3n) is 6.45. The molecule has 33 heavy (non-hydrogen) atoms. The molecule has 0 saturated heterocycles. The van der Waals surface area contributed by atoms with E-state index in [-0.39, 0.29) is 5.82 Å². The molecule has 0 fully saturated rings. The summed E-state index contributed by atoms with van der Waals surface area (Å²) in [5, 5.41) is 1.05. The summed E-state index contributed by atoms with van der Waals surface area (Å²) in [5.74, 6) is -0.356. The Morgan fingerprint density at radius 2 is 1.79 bits per heavy atom. The monoisotopic (exact) mass is 440 g/mol. The molecule has 2 nitrogen and oxygen atoms in total. The predicted molar refractivity (Wildman–Crippen MR) is 132 cm³/mol. The smallest absolute Gasteiger partial charge is 0.216 e. The van der Waals surface area contributed by atoms with Crippen LogP contribution in [0, 0.1) is 18.2 Å². The fourth-order valence-electron chi connectivity index (χ4n) is 5.00. The van der Waals surface area contributed by atoms with Crippen molar-refractivity contribution in [1.29, 1.82) is 0 Å². The van der Waals surface area contributed by atoms with Crippen LogP contribution in [0.5, 0.6) is 0 Å². The van der Waals surface area contributed by atoms with Gasteiger partial charge in [-0.25, -0.2) is 8.96 Å². The average Bonchev–Trinajstić information content (AvgIpc) is 3.28. The van der Waals surface area contributed by atoms with Gasteiger partial charge >= 0.3 is 0 Å². The van der Waals surface area contributed by atoms with Gasteiger partial charge in [-0.3, -0.25) is 0 Å². The molecule has 0 N–H and O–H groups in total. The summed E-state index contributed by atoms with van der Waals surface area (Å²) in [6.07, 6.45) is -1.75. The largest absolute Gasteiger partial charge is 0.454 e. The van der Waals surface area contributed by atoms with Crippen LogP contribution in [0.4, 0.5) is 4.39 Å². The van der Waals surface area contributed by atoms with Crippen LogP contribution in [0.2, 0.25) is 0 Å². The number of para-hydroxylation sites is 1. The lowest BCUT2D eigenvalue weighted by atomic mass is 9.90. The van der Waals surface area contributed by atoms with Crippen molar-refractivity contribution in [3.63, 3.8) is 0 Å². The second-order valence-electron chi connectivity index (χ2n) is 9.37. The number of hydrogen-bond donors (Lipinski definition) is 0. The minimum Gasteiger partial charge on any atom is -0.454 e. The number of nitrogens with zero attached hydrogens (tertiary/aromatic N) is 1. The standard InChI is InChI=1S/C30H27FNO/c1-18-14-24(31)27-23-9-7-8-22(19-11-12-20-16-30(2,3)17-21(20)15-19)28(23)33-29(27)26(18)25-10-5-6-13-32(25)4/h5-15H,16-17H2,1-4H3/q+1/i16D2,17D2. The number of halogens is 1. The van der Waals surface area contributed by atoms with Crippen LogP contribution in [-0.4, -0.2) is 0 Å². The maximum Gasteiger partial charge on any atom is 0.216 e. The van der Waals surface area contributed by atoms with Crippen LogP contribution in [0.25, 0.3) is 44.3 Å². The number of furan rings is 1. The van der Waals surface area contributed by atoms with Gasteiger partial charge in [0.05, 0.1) is 10.9 Å². The Labute approximate surface area is 198 Å². The lowest BCUT2D eigenvalue weighted by Gasteiger charge is -2.14. The van der Waals surface area contributed by atoms with Gasteiger partial charge in [-0.1, -0.05) is 50.2 Å². The highest BCUT2D eigenvalue weighted by molar-refractivity contribution is 6.13. The number of fused-ring (bicyclic) bond motifs is 4. The number of aryl methyl sites for hydroxylation is 2. The Hall–Kier alpha value is -3.46. The molecule has 2 aromatic heterocycles. The van der Waals surface area contributed by atoms with Crippen LogP contribution >= 0.6 is 0 Å². The van der Waals surface area contributed by atoms with Gasteiger partial charge in [-0.15, -0.1) is 0 Å². The number of benzene rings is 3. The summed E-state index contributed by atoms with van der Waals surface area (Å²) in [5.41, 5.74) is 4.34. The van der Waals surface area contributed by atoms with E-state index < -0.39 is 18.2 Å². The topological polar surface area (TPSA) is 17.0 Å². The van der Waals surface area contributed by atoms with Gasteiger partial charge in [0.2, 0.25) is 5.69 Å². The van der Waals surface area contributed by atoms with Crippen molar-refractivity contribution in [2.24, 2.45) is 12.5 Å². The number of aromatic nitrogens is 1. The van der Waals surface area contributed by atoms with Crippen LogP contribution in [0.15, 0.2) is 71.3 Å². The lowest BCUT2D eigenvalue weighted by Crippen LogP contribution is -2.30. The van der Waals surface area contributed by atoms with Gasteiger partial charge in [-0.05, 0) is 59.5 Å². The highest BCUT2D eigenvalue weighted by Gasteiger charge is 2.29. The summed E-state index contributed by atoms with van der Waals surface area (Å²) in [4.78, 5) is 0. The van der Waals surface area contributed by atoms with E-state index in [9.17, 15) is 0 Å². The van der Waals surface area contributed by atoms with Crippen molar-refractivity contribution in [3.8, 4) is 22.4 Å². The molecule has 2 heterocycles. The molecule has 0 spiro atoms. The molecule has 0 radical (unpaired) electrons. The molecule has 3 aromatic carbocycles. The molecular weight excluding hydrogens is 409 g/mol. The Morgan fingerprint density at radius 1 is 0.970 bits per heavy atom. The molecule has 164 valence electrons. The first-order chi connectivity index (χ1) is 17.4. The van der Waals surface area contributed by atoms with Crippen LogP contribution in [0.1, 0.15) is 36.0 Å². The third-order valence-corrected chi connectivity index (χ3v) is 6.45. The first-order valence-electron chi connectivity index (χ1n) is 13.1. The Morgan fingerprint density at radius 3 is 2.61 bits per heavy atom. The third kappa shape index (κ3) is 3.10. The zero-order chi connectivity index (χ0) is 26.5. The number of hydrogen-bond acceptors (Lipinski definition) is 1. The SMILES string of the molecule is [2H]C1([2H])c2ccc(-c3cccc4c3oc3c(-c5cccc[n+]5C)c(C)cc(F)c34)cc2C([2H])([2H])C1(C)C. The minimum absolute atomic E-state index is 0.340. The highest BCUT2D eigenvalue weighted by Crippen LogP contribution is 2.43. The lowest BCUT2D eigenvalue weighted by molar-refractivity contribution is -0.660. The van der Waals surface area contributed by atoms with Crippen molar-refractivity contribution >= 4 is 21.9 Å². The van der Waals surface area contributed by atoms with Crippen LogP contribution < -0.4 is 4.57 Å². The van der Waals surface area contributed by atoms with E-state index in [0.717, 1.165) is 16.8 Å². The zero-order valence-electron chi connectivity index (χ0n) is 23.1. The fourth-order valence-corrected chi connectivity index (χ4v) is 5.00. The zero-order valence-corrected chi connectivity index (χ0v) is 19.1. The van der Waals surface area contributed by atoms with Crippen molar-refractivity contribution in [2.75, 3.05) is 0 Å². The second-order valence-corrected chi connectivity index (χ2v) is 9.37. The van der Waals surface area contributed by atoms with E-state index in [1.807, 2.05) is 61.1 Å². The average molecular weight is 441 g/mol. The summed E-state index contributed by atoms with van der Waals surface area (Å²) in [6.45, 7) is 5.13. The van der Waals surface area contributed by atoms with E-state index in [4.69, 9.17) is 9.90 Å². The van der Waals surface area contributed by atoms with E-state index >= 15 is 4.39 Å². The van der Waals surface area contributed by atoms with Crippen LogP contribution in [-0.2, 0) is 19.8 Å². The molecule has 0 bridgehead atoms. The summed E-state index contributed by atoms with van der Waals surface area (Å²) < 4.78 is 58.7. The number of rotatable bonds is 2. The van der Waals surface area contributed by atoms with Gasteiger partial charge < -0.3 is 4.42 Å². The van der Waals surface area contributed by atoms with Crippen molar-refractivity contribution in [3.05, 3.63) is 89.4 Å². The second kappa shape index (κ2) is 7.02. The molecule has 1 aliphatic rings. The molecule has 5 aromatic rings. The Bertz CT molecular complexity index is 1750. The van der Waals surface area contributed by atoms with Crippen LogP contribution in [0.3, 0.4) is 0 Å². The predicted octanol–water partition coefficient (Wildman–Crippen LogP) is 7.32. The number of pyridine rings is 1. The van der Waals surface area contributed by atoms with E-state index in [1.54, 1.807) is 38.1 Å². The molecule has 6 rings (SSSR count). The van der Waals surface area contributed by atoms with Gasteiger partial charge in [0, 0.05) is 28.6 Å². The fraction of sp³-hybridized carbons (Fsp3) is 0.233. The molecule has 0 aliphatic heterocycles. The van der Waals surface area contributed by atoms with Gasteiger partial charge in [0.25, 0.3) is 0 Å². The minimum atomic E-state index is -1.87. The normalized spacial score (nSPS) is 19.7. The Balaban J connectivity index is 1.65. The molecule has 0 amide bonds. The highest BCUT2D eigenvalue weighted by atomic mass is 19.1. The van der Waals surface area contributed by atoms with Crippen molar-refractivity contribution < 1.29 is 18.9 Å². The quantitative estimate of drug-likeness (QED) is 0.263. The maximum absolute atomic E-state index is 15.4. The molecule has 1 aliphatic carbocycles. The molecule has 0 saturated carbocycles. The molecule has 3 heteroatoms. The maximum atomic E-state index is 15.4. The molecular formula is C30H27FNO+. The van der Waals surface area contributed by atoms with Gasteiger partial charge in [0.15, 0.2) is 11.8 Å². The van der Waals surface area contributed by atoms with Gasteiger partial charge in [0.1, 0.15) is 18.4 Å². The Kier molecular flexibility index (Phi) is 3.44. The van der Waals surface area contributed by atoms with E-state index in [0.29, 0.717) is 44.2 Å². The van der Waals surface area contributed by atoms with E-state index in [2.05, 4.69) is 0 Å². The molecule has 0 atom stereocenters. The summed E-state index contributed by atoms with van der Waals surface area (Å²) in [7, 11) is 1.94.